The van der Waals surface area contributed by atoms with Gasteiger partial charge in [0.1, 0.15) is 0 Å². The van der Waals surface area contributed by atoms with Crippen LogP contribution in [0.15, 0.2) is 131 Å². The number of oxazole rings is 2. The highest BCUT2D eigenvalue weighted by Gasteiger charge is 2.13. The van der Waals surface area contributed by atoms with E-state index in [0.29, 0.717) is 24.9 Å². The fraction of sp³-hybridized carbons (Fsp3) is 0.0667. The Morgan fingerprint density at radius 2 is 0.861 bits per heavy atom. The Hall–Kier alpha value is -4.84. The fourth-order valence-electron chi connectivity index (χ4n) is 4.06. The molecule has 0 saturated heterocycles. The van der Waals surface area contributed by atoms with Gasteiger partial charge >= 0.3 is 0 Å². The van der Waals surface area contributed by atoms with Gasteiger partial charge in [-0.15, -0.1) is 0 Å². The summed E-state index contributed by atoms with van der Waals surface area (Å²) in [5.41, 5.74) is 4.33. The van der Waals surface area contributed by atoms with Gasteiger partial charge in [0.25, 0.3) is 11.8 Å². The largest absolute Gasteiger partial charge is 0.435 e. The van der Waals surface area contributed by atoms with E-state index >= 15 is 0 Å². The van der Waals surface area contributed by atoms with Crippen LogP contribution in [0, 0.1) is 0 Å². The SMILES string of the molecule is c1ccc(-c2cnc(C[n+]3ccc(-c4cc[n+](Cc5ncc(-c6ccccc6)o5)cc4)cc3)o2)cc1. The van der Waals surface area contributed by atoms with Crippen molar-refractivity contribution in [3.8, 4) is 33.8 Å². The number of aromatic nitrogens is 4. The molecule has 36 heavy (non-hydrogen) atoms. The van der Waals surface area contributed by atoms with Gasteiger partial charge in [0.15, 0.2) is 36.3 Å². The molecule has 0 amide bonds. The van der Waals surface area contributed by atoms with E-state index in [2.05, 4.69) is 43.4 Å². The summed E-state index contributed by atoms with van der Waals surface area (Å²) in [6.07, 6.45) is 11.7. The summed E-state index contributed by atoms with van der Waals surface area (Å²) >= 11 is 0. The van der Waals surface area contributed by atoms with Crippen LogP contribution in [-0.2, 0) is 13.1 Å². The summed E-state index contributed by atoms with van der Waals surface area (Å²) in [5, 5.41) is 0. The highest BCUT2D eigenvalue weighted by atomic mass is 16.4. The van der Waals surface area contributed by atoms with Gasteiger partial charge in [-0.1, -0.05) is 60.7 Å². The van der Waals surface area contributed by atoms with Gasteiger partial charge < -0.3 is 8.83 Å². The Morgan fingerprint density at radius 3 is 1.25 bits per heavy atom. The predicted octanol–water partition coefficient (Wildman–Crippen LogP) is 5.34. The zero-order chi connectivity index (χ0) is 24.2. The van der Waals surface area contributed by atoms with Crippen molar-refractivity contribution in [3.05, 3.63) is 134 Å². The van der Waals surface area contributed by atoms with Gasteiger partial charge in [-0.3, -0.25) is 0 Å². The normalized spacial score (nSPS) is 11.0. The van der Waals surface area contributed by atoms with Crippen molar-refractivity contribution < 1.29 is 18.0 Å². The van der Waals surface area contributed by atoms with Crippen molar-refractivity contribution in [3.63, 3.8) is 0 Å². The van der Waals surface area contributed by atoms with Crippen molar-refractivity contribution in [2.75, 3.05) is 0 Å². The first-order valence-electron chi connectivity index (χ1n) is 11.8. The molecule has 6 heteroatoms. The van der Waals surface area contributed by atoms with E-state index in [4.69, 9.17) is 8.83 Å². The maximum Gasteiger partial charge on any atom is 0.261 e. The molecule has 0 fully saturated rings. The van der Waals surface area contributed by atoms with Crippen molar-refractivity contribution in [1.82, 2.24) is 9.97 Å². The number of nitrogens with zero attached hydrogens (tertiary/aromatic N) is 4. The fourth-order valence-corrected chi connectivity index (χ4v) is 4.06. The van der Waals surface area contributed by atoms with Crippen LogP contribution in [0.1, 0.15) is 11.8 Å². The molecule has 174 valence electrons. The molecule has 0 unspecified atom stereocenters. The standard InChI is InChI=1S/C30H24N4O2/c1-3-7-25(8-4-1)27-19-31-29(35-27)21-33-15-11-23(12-16-33)24-13-17-34(18-14-24)22-30-32-20-28(36-30)26-9-5-2-6-10-26/h1-20H,21-22H2/q+2. The lowest BCUT2D eigenvalue weighted by Gasteiger charge is -2.01. The summed E-state index contributed by atoms with van der Waals surface area (Å²) in [6, 6.07) is 28.4. The lowest BCUT2D eigenvalue weighted by atomic mass is 10.1. The first-order valence-corrected chi connectivity index (χ1v) is 11.8. The second-order valence-electron chi connectivity index (χ2n) is 8.49. The van der Waals surface area contributed by atoms with Crippen molar-refractivity contribution >= 4 is 0 Å². The third kappa shape index (κ3) is 4.83. The minimum atomic E-state index is 0.572. The topological polar surface area (TPSA) is 59.8 Å². The van der Waals surface area contributed by atoms with Gasteiger partial charge in [-0.25, -0.2) is 9.97 Å². The second kappa shape index (κ2) is 9.80. The number of hydrogen-bond donors (Lipinski definition) is 0. The van der Waals surface area contributed by atoms with E-state index in [-0.39, 0.29) is 0 Å². The third-order valence-corrected chi connectivity index (χ3v) is 5.98. The first-order chi connectivity index (χ1) is 17.8. The second-order valence-corrected chi connectivity index (χ2v) is 8.49. The molecule has 0 aliphatic carbocycles. The van der Waals surface area contributed by atoms with Crippen molar-refractivity contribution in [1.29, 1.82) is 0 Å². The lowest BCUT2D eigenvalue weighted by molar-refractivity contribution is -0.690. The molecule has 6 aromatic rings. The Morgan fingerprint density at radius 1 is 0.472 bits per heavy atom. The molecule has 0 spiro atoms. The third-order valence-electron chi connectivity index (χ3n) is 5.98. The predicted molar refractivity (Wildman–Crippen MR) is 134 cm³/mol. The van der Waals surface area contributed by atoms with Crippen LogP contribution in [0.25, 0.3) is 33.8 Å². The molecule has 0 atom stereocenters. The number of benzene rings is 2. The van der Waals surface area contributed by atoms with E-state index in [9.17, 15) is 0 Å². The maximum atomic E-state index is 5.93. The summed E-state index contributed by atoms with van der Waals surface area (Å²) in [4.78, 5) is 8.86. The quantitative estimate of drug-likeness (QED) is 0.295. The van der Waals surface area contributed by atoms with E-state index < -0.39 is 0 Å². The molecule has 0 radical (unpaired) electrons. The number of hydrogen-bond acceptors (Lipinski definition) is 4. The first kappa shape index (κ1) is 21.7. The monoisotopic (exact) mass is 472 g/mol. The molecule has 0 bridgehead atoms. The van der Waals surface area contributed by atoms with Gasteiger partial charge in [0, 0.05) is 35.4 Å². The van der Waals surface area contributed by atoms with Crippen LogP contribution in [-0.4, -0.2) is 9.97 Å². The van der Waals surface area contributed by atoms with E-state index in [1.807, 2.05) is 85.5 Å². The van der Waals surface area contributed by atoms with Crippen LogP contribution in [0.4, 0.5) is 0 Å². The summed E-state index contributed by atoms with van der Waals surface area (Å²) < 4.78 is 16.0. The zero-order valence-electron chi connectivity index (χ0n) is 19.6. The molecule has 6 rings (SSSR count). The van der Waals surface area contributed by atoms with E-state index in [1.54, 1.807) is 12.4 Å². The molecule has 0 aliphatic heterocycles. The lowest BCUT2D eigenvalue weighted by Crippen LogP contribution is -2.33. The molecule has 0 saturated carbocycles. The number of rotatable bonds is 7. The Bertz CT molecular complexity index is 1430. The van der Waals surface area contributed by atoms with Crippen molar-refractivity contribution in [2.24, 2.45) is 0 Å². The van der Waals surface area contributed by atoms with Crippen LogP contribution in [0.5, 0.6) is 0 Å². The van der Waals surface area contributed by atoms with Crippen molar-refractivity contribution in [2.45, 2.75) is 13.1 Å². The van der Waals surface area contributed by atoms with Gasteiger partial charge in [-0.05, 0) is 11.1 Å². The highest BCUT2D eigenvalue weighted by Crippen LogP contribution is 2.21. The summed E-state index contributed by atoms with van der Waals surface area (Å²) in [6.45, 7) is 1.14. The van der Waals surface area contributed by atoms with E-state index in [0.717, 1.165) is 33.8 Å². The molecule has 0 aliphatic rings. The maximum absolute atomic E-state index is 5.93. The Labute approximate surface area is 208 Å². The summed E-state index contributed by atoms with van der Waals surface area (Å²) in [7, 11) is 0. The molecule has 4 aromatic heterocycles. The zero-order valence-corrected chi connectivity index (χ0v) is 19.6. The van der Waals surface area contributed by atoms with E-state index in [1.165, 1.54) is 0 Å². The summed E-state index contributed by atoms with van der Waals surface area (Å²) in [5.74, 6) is 2.91. The van der Waals surface area contributed by atoms with Gasteiger partial charge in [-0.2, -0.15) is 9.13 Å². The average molecular weight is 473 g/mol. The molecule has 4 heterocycles. The molecule has 6 nitrogen and oxygen atoms in total. The van der Waals surface area contributed by atoms with Gasteiger partial charge in [0.2, 0.25) is 13.1 Å². The molecular weight excluding hydrogens is 448 g/mol. The molecular formula is C30H24N4O2+2. The van der Waals surface area contributed by atoms with Crippen LogP contribution < -0.4 is 9.13 Å². The minimum absolute atomic E-state index is 0.572. The Kier molecular flexibility index (Phi) is 5.90. The average Bonchev–Trinajstić information content (AvgIpc) is 3.61. The highest BCUT2D eigenvalue weighted by molar-refractivity contribution is 5.61. The van der Waals surface area contributed by atoms with Crippen LogP contribution in [0.2, 0.25) is 0 Å². The minimum Gasteiger partial charge on any atom is -0.435 e. The van der Waals surface area contributed by atoms with Crippen LogP contribution in [0.3, 0.4) is 0 Å². The van der Waals surface area contributed by atoms with Crippen LogP contribution >= 0.6 is 0 Å². The number of pyridine rings is 2. The smallest absolute Gasteiger partial charge is 0.261 e. The molecule has 0 N–H and O–H groups in total. The van der Waals surface area contributed by atoms with Gasteiger partial charge in [0.05, 0.1) is 12.4 Å². The molecule has 2 aromatic carbocycles. The Balaban J connectivity index is 1.10.